The van der Waals surface area contributed by atoms with E-state index in [1.54, 1.807) is 4.90 Å². The molecular weight excluding hydrogens is 370 g/mol. The fourth-order valence-corrected chi connectivity index (χ4v) is 3.43. The number of aryl methyl sites for hydroxylation is 1. The average molecular weight is 389 g/mol. The zero-order chi connectivity index (χ0) is 19.8. The Labute approximate surface area is 166 Å². The number of rotatable bonds is 5. The highest BCUT2D eigenvalue weighted by atomic mass is 16.5. The number of likely N-dealkylation sites (tertiary alicyclic amines) is 1. The number of para-hydroxylation sites is 2. The van der Waals surface area contributed by atoms with Crippen LogP contribution in [0.15, 0.2) is 53.1 Å². The summed E-state index contributed by atoms with van der Waals surface area (Å²) in [7, 11) is 0. The monoisotopic (exact) mass is 389 g/mol. The van der Waals surface area contributed by atoms with E-state index in [0.29, 0.717) is 30.5 Å². The molecule has 29 heavy (non-hydrogen) atoms. The normalized spacial score (nSPS) is 14.2. The number of H-pyrrole nitrogens is 1. The van der Waals surface area contributed by atoms with Crippen molar-refractivity contribution in [3.63, 3.8) is 0 Å². The first-order chi connectivity index (χ1) is 14.2. The molecule has 0 atom stereocenters. The highest BCUT2D eigenvalue weighted by Gasteiger charge is 2.36. The minimum absolute atomic E-state index is 0.0557. The van der Waals surface area contributed by atoms with Gasteiger partial charge in [-0.25, -0.2) is 0 Å². The standard InChI is InChI=1S/C21H19N5O3/c1-13-6-2-5-9-17(13)28-12-18-22-20(25-29-18)14-10-26(11-14)21(27)19-15-7-3-4-8-16(15)23-24-19/h2-9,14H,10-12H2,1H3,(H,23,24). The molecule has 0 radical (unpaired) electrons. The Morgan fingerprint density at radius 3 is 2.86 bits per heavy atom. The Morgan fingerprint density at radius 2 is 2.00 bits per heavy atom. The van der Waals surface area contributed by atoms with Gasteiger partial charge in [0.1, 0.15) is 5.75 Å². The van der Waals surface area contributed by atoms with E-state index in [4.69, 9.17) is 9.26 Å². The highest BCUT2D eigenvalue weighted by molar-refractivity contribution is 6.04. The third kappa shape index (κ3) is 3.22. The molecule has 8 nitrogen and oxygen atoms in total. The second-order valence-electron chi connectivity index (χ2n) is 7.13. The lowest BCUT2D eigenvalue weighted by molar-refractivity contribution is 0.0588. The van der Waals surface area contributed by atoms with Crippen LogP contribution >= 0.6 is 0 Å². The number of nitrogens with zero attached hydrogens (tertiary/aromatic N) is 4. The third-order valence-electron chi connectivity index (χ3n) is 5.14. The SMILES string of the molecule is Cc1ccccc1OCc1nc(C2CN(C(=O)c3n[nH]c4ccccc34)C2)no1. The van der Waals surface area contributed by atoms with Crippen LogP contribution in [0.5, 0.6) is 5.75 Å². The van der Waals surface area contributed by atoms with Crippen molar-refractivity contribution in [2.75, 3.05) is 13.1 Å². The number of amides is 1. The van der Waals surface area contributed by atoms with E-state index in [0.717, 1.165) is 22.2 Å². The molecule has 4 aromatic rings. The van der Waals surface area contributed by atoms with Crippen LogP contribution < -0.4 is 4.74 Å². The van der Waals surface area contributed by atoms with Gasteiger partial charge in [0.25, 0.3) is 11.8 Å². The molecule has 5 rings (SSSR count). The predicted octanol–water partition coefficient (Wildman–Crippen LogP) is 3.07. The summed E-state index contributed by atoms with van der Waals surface area (Å²) in [5, 5.41) is 12.0. The van der Waals surface area contributed by atoms with Crippen LogP contribution in [0.4, 0.5) is 0 Å². The molecule has 0 aliphatic carbocycles. The molecule has 1 aliphatic heterocycles. The van der Waals surface area contributed by atoms with Crippen LogP contribution in [-0.2, 0) is 6.61 Å². The lowest BCUT2D eigenvalue weighted by atomic mass is 9.98. The number of carbonyl (C=O) groups excluding carboxylic acids is 1. The van der Waals surface area contributed by atoms with E-state index in [9.17, 15) is 4.79 Å². The molecule has 0 bridgehead atoms. The second kappa shape index (κ2) is 7.05. The molecule has 0 unspecified atom stereocenters. The van der Waals surface area contributed by atoms with Crippen molar-refractivity contribution >= 4 is 16.8 Å². The lowest BCUT2D eigenvalue weighted by Gasteiger charge is -2.36. The van der Waals surface area contributed by atoms with Gasteiger partial charge in [0, 0.05) is 18.5 Å². The van der Waals surface area contributed by atoms with Crippen LogP contribution in [0.3, 0.4) is 0 Å². The number of hydrogen-bond acceptors (Lipinski definition) is 6. The van der Waals surface area contributed by atoms with Gasteiger partial charge in [0.05, 0.1) is 11.4 Å². The number of aromatic nitrogens is 4. The number of ether oxygens (including phenoxy) is 1. The van der Waals surface area contributed by atoms with Gasteiger partial charge >= 0.3 is 0 Å². The molecular formula is C21H19N5O3. The summed E-state index contributed by atoms with van der Waals surface area (Å²) in [5.41, 5.74) is 2.34. The Morgan fingerprint density at radius 1 is 1.21 bits per heavy atom. The summed E-state index contributed by atoms with van der Waals surface area (Å²) in [4.78, 5) is 18.9. The Balaban J connectivity index is 1.20. The van der Waals surface area contributed by atoms with E-state index in [1.807, 2.05) is 55.5 Å². The maximum atomic E-state index is 12.7. The van der Waals surface area contributed by atoms with Gasteiger partial charge in [-0.05, 0) is 24.6 Å². The lowest BCUT2D eigenvalue weighted by Crippen LogP contribution is -2.49. The molecule has 0 saturated carbocycles. The number of carbonyl (C=O) groups is 1. The topological polar surface area (TPSA) is 97.1 Å². The smallest absolute Gasteiger partial charge is 0.275 e. The minimum Gasteiger partial charge on any atom is -0.483 e. The van der Waals surface area contributed by atoms with Crippen molar-refractivity contribution < 1.29 is 14.1 Å². The second-order valence-corrected chi connectivity index (χ2v) is 7.13. The Bertz CT molecular complexity index is 1180. The van der Waals surface area contributed by atoms with Crippen molar-refractivity contribution in [1.82, 2.24) is 25.2 Å². The molecule has 3 heterocycles. The average Bonchev–Trinajstić information content (AvgIpc) is 3.33. The predicted molar refractivity (Wildman–Crippen MR) is 105 cm³/mol. The number of hydrogen-bond donors (Lipinski definition) is 1. The van der Waals surface area contributed by atoms with Gasteiger partial charge in [0.15, 0.2) is 18.1 Å². The van der Waals surface area contributed by atoms with Crippen LogP contribution in [-0.4, -0.2) is 44.2 Å². The number of benzene rings is 2. The van der Waals surface area contributed by atoms with Gasteiger partial charge in [-0.3, -0.25) is 9.89 Å². The first kappa shape index (κ1) is 17.4. The van der Waals surface area contributed by atoms with Crippen LogP contribution in [0.25, 0.3) is 10.9 Å². The van der Waals surface area contributed by atoms with Gasteiger partial charge in [-0.2, -0.15) is 10.1 Å². The molecule has 146 valence electrons. The molecule has 1 amide bonds. The Hall–Kier alpha value is -3.68. The zero-order valence-corrected chi connectivity index (χ0v) is 15.8. The molecule has 1 aliphatic rings. The van der Waals surface area contributed by atoms with Gasteiger partial charge in [-0.15, -0.1) is 0 Å². The van der Waals surface area contributed by atoms with Crippen LogP contribution in [0.2, 0.25) is 0 Å². The fourth-order valence-electron chi connectivity index (χ4n) is 3.43. The van der Waals surface area contributed by atoms with E-state index < -0.39 is 0 Å². The van der Waals surface area contributed by atoms with E-state index in [1.165, 1.54) is 0 Å². The summed E-state index contributed by atoms with van der Waals surface area (Å²) in [6, 6.07) is 15.4. The molecule has 0 spiro atoms. The summed E-state index contributed by atoms with van der Waals surface area (Å²) < 4.78 is 11.0. The van der Waals surface area contributed by atoms with E-state index in [2.05, 4.69) is 20.3 Å². The molecule has 1 fully saturated rings. The van der Waals surface area contributed by atoms with Crippen molar-refractivity contribution in [1.29, 1.82) is 0 Å². The van der Waals surface area contributed by atoms with Gasteiger partial charge in [0.2, 0.25) is 0 Å². The van der Waals surface area contributed by atoms with Crippen molar-refractivity contribution in [3.8, 4) is 5.75 Å². The van der Waals surface area contributed by atoms with Crippen LogP contribution in [0, 0.1) is 6.92 Å². The maximum Gasteiger partial charge on any atom is 0.275 e. The molecule has 8 heteroatoms. The first-order valence-corrected chi connectivity index (χ1v) is 9.42. The van der Waals surface area contributed by atoms with Crippen molar-refractivity contribution in [3.05, 3.63) is 71.5 Å². The fraction of sp³-hybridized carbons (Fsp3) is 0.238. The third-order valence-corrected chi connectivity index (χ3v) is 5.14. The summed E-state index contributed by atoms with van der Waals surface area (Å²) in [5.74, 6) is 1.78. The van der Waals surface area contributed by atoms with Crippen LogP contribution in [0.1, 0.15) is 33.7 Å². The van der Waals surface area contributed by atoms with E-state index in [-0.39, 0.29) is 18.4 Å². The van der Waals surface area contributed by atoms with Crippen molar-refractivity contribution in [2.45, 2.75) is 19.4 Å². The molecule has 1 saturated heterocycles. The number of nitrogens with one attached hydrogen (secondary N) is 1. The number of aromatic amines is 1. The summed E-state index contributed by atoms with van der Waals surface area (Å²) >= 11 is 0. The Kier molecular flexibility index (Phi) is 4.23. The van der Waals surface area contributed by atoms with Gasteiger partial charge < -0.3 is 14.2 Å². The van der Waals surface area contributed by atoms with Crippen molar-refractivity contribution in [2.24, 2.45) is 0 Å². The molecule has 2 aromatic heterocycles. The van der Waals surface area contributed by atoms with E-state index >= 15 is 0 Å². The minimum atomic E-state index is -0.0923. The molecule has 1 N–H and O–H groups in total. The summed E-state index contributed by atoms with van der Waals surface area (Å²) in [6.45, 7) is 3.28. The first-order valence-electron chi connectivity index (χ1n) is 9.42. The highest BCUT2D eigenvalue weighted by Crippen LogP contribution is 2.28. The number of fused-ring (bicyclic) bond motifs is 1. The van der Waals surface area contributed by atoms with Gasteiger partial charge in [-0.1, -0.05) is 41.6 Å². The quantitative estimate of drug-likeness (QED) is 0.563. The largest absolute Gasteiger partial charge is 0.483 e. The maximum absolute atomic E-state index is 12.7. The summed E-state index contributed by atoms with van der Waals surface area (Å²) in [6.07, 6.45) is 0. The zero-order valence-electron chi connectivity index (χ0n) is 15.8. The molecule has 2 aromatic carbocycles.